The summed E-state index contributed by atoms with van der Waals surface area (Å²) in [6.45, 7) is 0.201. The van der Waals surface area contributed by atoms with E-state index in [1.807, 2.05) is 23.8 Å². The minimum atomic E-state index is 0.201. The average molecular weight is 205 g/mol. The first-order valence-electron chi connectivity index (χ1n) is 4.49. The molecule has 14 heavy (non-hydrogen) atoms. The van der Waals surface area contributed by atoms with Gasteiger partial charge in [-0.05, 0) is 17.5 Å². The van der Waals surface area contributed by atoms with Gasteiger partial charge in [0.2, 0.25) is 0 Å². The van der Waals surface area contributed by atoms with Crippen molar-refractivity contribution in [2.24, 2.45) is 0 Å². The molecule has 0 saturated carbocycles. The molecule has 0 radical (unpaired) electrons. The van der Waals surface area contributed by atoms with Gasteiger partial charge in [-0.3, -0.25) is 4.98 Å². The maximum absolute atomic E-state index is 8.83. The van der Waals surface area contributed by atoms with Gasteiger partial charge in [0.05, 0.1) is 10.4 Å². The van der Waals surface area contributed by atoms with Crippen LogP contribution in [-0.4, -0.2) is 16.7 Å². The van der Waals surface area contributed by atoms with Crippen molar-refractivity contribution in [1.82, 2.24) is 4.98 Å². The molecule has 2 rings (SSSR count). The van der Waals surface area contributed by atoms with Crippen LogP contribution in [0.3, 0.4) is 0 Å². The largest absolute Gasteiger partial charge is 0.396 e. The first-order valence-corrected chi connectivity index (χ1v) is 5.37. The fourth-order valence-electron chi connectivity index (χ4n) is 1.37. The Hall–Kier alpha value is -1.19. The van der Waals surface area contributed by atoms with Crippen molar-refractivity contribution in [3.05, 3.63) is 41.5 Å². The lowest BCUT2D eigenvalue weighted by Gasteiger charge is -2.01. The second-order valence-electron chi connectivity index (χ2n) is 3.04. The van der Waals surface area contributed by atoms with Gasteiger partial charge in [-0.25, -0.2) is 0 Å². The molecule has 3 heteroatoms. The van der Waals surface area contributed by atoms with Crippen LogP contribution in [-0.2, 0) is 6.42 Å². The Balaban J connectivity index is 2.31. The van der Waals surface area contributed by atoms with Crippen molar-refractivity contribution in [1.29, 1.82) is 0 Å². The lowest BCUT2D eigenvalue weighted by Crippen LogP contribution is -1.89. The van der Waals surface area contributed by atoms with E-state index in [1.54, 1.807) is 11.3 Å². The number of aliphatic hydroxyl groups excluding tert-OH is 1. The Morgan fingerprint density at radius 3 is 3.00 bits per heavy atom. The summed E-state index contributed by atoms with van der Waals surface area (Å²) in [6, 6.07) is 8.21. The van der Waals surface area contributed by atoms with Crippen LogP contribution in [0.1, 0.15) is 5.56 Å². The summed E-state index contributed by atoms with van der Waals surface area (Å²) in [5.74, 6) is 0. The van der Waals surface area contributed by atoms with Gasteiger partial charge in [-0.1, -0.05) is 24.3 Å². The number of hydrogen-bond donors (Lipinski definition) is 1. The van der Waals surface area contributed by atoms with Crippen molar-refractivity contribution in [3.63, 3.8) is 0 Å². The van der Waals surface area contributed by atoms with Gasteiger partial charge in [-0.2, -0.15) is 0 Å². The smallest absolute Gasteiger partial charge is 0.0797 e. The lowest BCUT2D eigenvalue weighted by atomic mass is 10.1. The van der Waals surface area contributed by atoms with Crippen molar-refractivity contribution in [3.8, 4) is 10.4 Å². The Bertz CT molecular complexity index is 397. The molecule has 0 aliphatic heterocycles. The molecule has 0 fully saturated rings. The monoisotopic (exact) mass is 205 g/mol. The number of nitrogens with zero attached hydrogens (tertiary/aromatic N) is 1. The SMILES string of the molecule is OCCc1cccc(-c2cncs2)c1. The van der Waals surface area contributed by atoms with Crippen LogP contribution in [0.5, 0.6) is 0 Å². The summed E-state index contributed by atoms with van der Waals surface area (Å²) in [7, 11) is 0. The van der Waals surface area contributed by atoms with E-state index in [9.17, 15) is 0 Å². The number of hydrogen-bond acceptors (Lipinski definition) is 3. The third-order valence-corrected chi connectivity index (χ3v) is 2.87. The Kier molecular flexibility index (Phi) is 2.91. The maximum atomic E-state index is 8.83. The molecule has 0 bridgehead atoms. The predicted octanol–water partition coefficient (Wildman–Crippen LogP) is 2.34. The molecule has 0 spiro atoms. The van der Waals surface area contributed by atoms with Gasteiger partial charge in [-0.15, -0.1) is 11.3 Å². The highest BCUT2D eigenvalue weighted by Gasteiger charge is 1.99. The van der Waals surface area contributed by atoms with Crippen LogP contribution in [0, 0.1) is 0 Å². The van der Waals surface area contributed by atoms with Crippen LogP contribution in [0.15, 0.2) is 36.0 Å². The van der Waals surface area contributed by atoms with Crippen molar-refractivity contribution in [2.45, 2.75) is 6.42 Å². The normalized spacial score (nSPS) is 10.4. The lowest BCUT2D eigenvalue weighted by molar-refractivity contribution is 0.299. The Morgan fingerprint density at radius 2 is 2.29 bits per heavy atom. The third-order valence-electron chi connectivity index (χ3n) is 2.04. The first-order chi connectivity index (χ1) is 6.90. The summed E-state index contributed by atoms with van der Waals surface area (Å²) < 4.78 is 0. The predicted molar refractivity (Wildman–Crippen MR) is 58.3 cm³/mol. The molecule has 1 heterocycles. The zero-order valence-electron chi connectivity index (χ0n) is 7.68. The zero-order chi connectivity index (χ0) is 9.80. The maximum Gasteiger partial charge on any atom is 0.0797 e. The van der Waals surface area contributed by atoms with Gasteiger partial charge in [0.1, 0.15) is 0 Å². The average Bonchev–Trinajstić information content (AvgIpc) is 2.71. The number of rotatable bonds is 3. The van der Waals surface area contributed by atoms with Gasteiger partial charge in [0.15, 0.2) is 0 Å². The topological polar surface area (TPSA) is 33.1 Å². The molecule has 0 saturated heterocycles. The first kappa shape index (κ1) is 9.37. The fraction of sp³-hybridized carbons (Fsp3) is 0.182. The molecule has 0 atom stereocenters. The van der Waals surface area contributed by atoms with Gasteiger partial charge in [0.25, 0.3) is 0 Å². The van der Waals surface area contributed by atoms with Crippen LogP contribution in [0.2, 0.25) is 0 Å². The number of aliphatic hydroxyl groups is 1. The second kappa shape index (κ2) is 4.35. The molecule has 1 N–H and O–H groups in total. The molecule has 0 aliphatic carbocycles. The summed E-state index contributed by atoms with van der Waals surface area (Å²) in [4.78, 5) is 5.21. The number of aromatic nitrogens is 1. The minimum absolute atomic E-state index is 0.201. The van der Waals surface area contributed by atoms with E-state index in [0.717, 1.165) is 0 Å². The molecule has 0 aliphatic rings. The van der Waals surface area contributed by atoms with Crippen LogP contribution in [0.25, 0.3) is 10.4 Å². The fourth-order valence-corrected chi connectivity index (χ4v) is 1.99. The van der Waals surface area contributed by atoms with Crippen LogP contribution >= 0.6 is 11.3 Å². The quantitative estimate of drug-likeness (QED) is 0.834. The molecule has 2 aromatic rings. The minimum Gasteiger partial charge on any atom is -0.396 e. The van der Waals surface area contributed by atoms with Crippen LogP contribution in [0.4, 0.5) is 0 Å². The number of benzene rings is 1. The summed E-state index contributed by atoms with van der Waals surface area (Å²) >= 11 is 1.63. The highest BCUT2D eigenvalue weighted by Crippen LogP contribution is 2.23. The highest BCUT2D eigenvalue weighted by atomic mass is 32.1. The van der Waals surface area contributed by atoms with E-state index in [2.05, 4.69) is 17.1 Å². The summed E-state index contributed by atoms with van der Waals surface area (Å²) in [5.41, 5.74) is 4.17. The van der Waals surface area contributed by atoms with Crippen molar-refractivity contribution < 1.29 is 5.11 Å². The van der Waals surface area contributed by atoms with E-state index >= 15 is 0 Å². The molecule has 1 aromatic carbocycles. The molecule has 0 unspecified atom stereocenters. The molecular weight excluding hydrogens is 194 g/mol. The molecule has 2 nitrogen and oxygen atoms in total. The van der Waals surface area contributed by atoms with E-state index < -0.39 is 0 Å². The van der Waals surface area contributed by atoms with Gasteiger partial charge in [0, 0.05) is 12.8 Å². The summed E-state index contributed by atoms with van der Waals surface area (Å²) in [5, 5.41) is 8.83. The highest BCUT2D eigenvalue weighted by molar-refractivity contribution is 7.13. The molecular formula is C11H11NOS. The molecule has 72 valence electrons. The zero-order valence-corrected chi connectivity index (χ0v) is 8.50. The Labute approximate surface area is 86.9 Å². The van der Waals surface area contributed by atoms with Crippen molar-refractivity contribution in [2.75, 3.05) is 6.61 Å². The molecule has 0 amide bonds. The second-order valence-corrected chi connectivity index (χ2v) is 3.93. The van der Waals surface area contributed by atoms with Gasteiger partial charge < -0.3 is 5.11 Å². The van der Waals surface area contributed by atoms with Crippen molar-refractivity contribution >= 4 is 11.3 Å². The summed E-state index contributed by atoms with van der Waals surface area (Å²) in [6.07, 6.45) is 2.58. The number of thiazole rings is 1. The standard InChI is InChI=1S/C11H11NOS/c13-5-4-9-2-1-3-10(6-9)11-7-12-8-14-11/h1-3,6-8,13H,4-5H2. The molecule has 1 aromatic heterocycles. The van der Waals surface area contributed by atoms with E-state index in [4.69, 9.17) is 5.11 Å². The third kappa shape index (κ3) is 2.00. The van der Waals surface area contributed by atoms with E-state index in [-0.39, 0.29) is 6.61 Å². The van der Waals surface area contributed by atoms with Gasteiger partial charge >= 0.3 is 0 Å². The van der Waals surface area contributed by atoms with E-state index in [0.29, 0.717) is 6.42 Å². The van der Waals surface area contributed by atoms with Crippen LogP contribution < -0.4 is 0 Å². The Morgan fingerprint density at radius 1 is 1.36 bits per heavy atom. The van der Waals surface area contributed by atoms with E-state index in [1.165, 1.54) is 16.0 Å².